The van der Waals surface area contributed by atoms with Gasteiger partial charge in [0.05, 0.1) is 11.4 Å². The monoisotopic (exact) mass is 360 g/mol. The van der Waals surface area contributed by atoms with Crippen LogP contribution in [0.1, 0.15) is 15.2 Å². The van der Waals surface area contributed by atoms with Gasteiger partial charge in [-0.25, -0.2) is 0 Å². The number of nitrogen functional groups attached to an aromatic ring is 1. The number of carbonyl (C=O) groups is 1. The number of rotatable bonds is 2. The second kappa shape index (κ2) is 5.50. The van der Waals surface area contributed by atoms with Gasteiger partial charge in [0.15, 0.2) is 0 Å². The maximum Gasteiger partial charge on any atom is 0.267 e. The molecule has 0 radical (unpaired) electrons. The minimum absolute atomic E-state index is 0.182. The number of hydrogen-bond acceptors (Lipinski definition) is 3. The van der Waals surface area contributed by atoms with E-state index in [-0.39, 0.29) is 5.91 Å². The number of halogens is 1. The predicted molar refractivity (Wildman–Crippen MR) is 93.1 cm³/mol. The molecule has 2 aromatic carbocycles. The Morgan fingerprint density at radius 3 is 2.71 bits per heavy atom. The molecule has 0 saturated carbocycles. The summed E-state index contributed by atoms with van der Waals surface area (Å²) in [4.78, 5) is 13.0. The molecule has 0 aliphatic heterocycles. The first-order chi connectivity index (χ1) is 10.1. The molecular weight excluding hydrogens is 348 g/mol. The Morgan fingerprint density at radius 1 is 1.24 bits per heavy atom. The molecule has 5 heteroatoms. The summed E-state index contributed by atoms with van der Waals surface area (Å²) in [7, 11) is 0. The predicted octanol–water partition coefficient (Wildman–Crippen LogP) is 4.81. The fourth-order valence-electron chi connectivity index (χ4n) is 2.13. The minimum atomic E-state index is -0.182. The molecule has 1 amide bonds. The molecule has 106 valence electrons. The number of hydrogen-bond donors (Lipinski definition) is 2. The van der Waals surface area contributed by atoms with E-state index in [1.807, 2.05) is 49.4 Å². The number of fused-ring (bicyclic) bond motifs is 1. The zero-order valence-corrected chi connectivity index (χ0v) is 13.7. The molecule has 1 heterocycles. The molecule has 0 bridgehead atoms. The van der Waals surface area contributed by atoms with Crippen molar-refractivity contribution >= 4 is 54.6 Å². The first-order valence-electron chi connectivity index (χ1n) is 6.41. The maximum atomic E-state index is 12.4. The van der Waals surface area contributed by atoms with Gasteiger partial charge < -0.3 is 11.1 Å². The number of thiophene rings is 1. The number of aryl methyl sites for hydroxylation is 1. The van der Waals surface area contributed by atoms with Crippen molar-refractivity contribution in [3.05, 3.63) is 57.4 Å². The molecule has 3 N–H and O–H groups in total. The Bertz CT molecular complexity index is 841. The maximum absolute atomic E-state index is 12.4. The SMILES string of the molecule is Cc1ccc(NC(=O)c2sc3ccccc3c2N)c(Br)c1. The highest BCUT2D eigenvalue weighted by Crippen LogP contribution is 2.34. The van der Waals surface area contributed by atoms with Crippen molar-refractivity contribution < 1.29 is 4.79 Å². The van der Waals surface area contributed by atoms with E-state index in [1.54, 1.807) is 0 Å². The van der Waals surface area contributed by atoms with Gasteiger partial charge in [-0.1, -0.05) is 24.3 Å². The van der Waals surface area contributed by atoms with Crippen LogP contribution in [0.25, 0.3) is 10.1 Å². The second-order valence-corrected chi connectivity index (χ2v) is 6.68. The summed E-state index contributed by atoms with van der Waals surface area (Å²) in [6.07, 6.45) is 0. The molecule has 21 heavy (non-hydrogen) atoms. The van der Waals surface area contributed by atoms with E-state index in [1.165, 1.54) is 11.3 Å². The molecule has 3 rings (SSSR count). The smallest absolute Gasteiger partial charge is 0.267 e. The lowest BCUT2D eigenvalue weighted by Gasteiger charge is -2.07. The molecule has 3 nitrogen and oxygen atoms in total. The highest BCUT2D eigenvalue weighted by atomic mass is 79.9. The summed E-state index contributed by atoms with van der Waals surface area (Å²) < 4.78 is 1.87. The van der Waals surface area contributed by atoms with E-state index in [9.17, 15) is 4.79 Å². The third kappa shape index (κ3) is 2.66. The van der Waals surface area contributed by atoms with Crippen molar-refractivity contribution in [3.63, 3.8) is 0 Å². The first kappa shape index (κ1) is 14.1. The van der Waals surface area contributed by atoms with Crippen LogP contribution in [0.2, 0.25) is 0 Å². The zero-order chi connectivity index (χ0) is 15.0. The summed E-state index contributed by atoms with van der Waals surface area (Å²) in [5.74, 6) is -0.182. The van der Waals surface area contributed by atoms with E-state index in [0.717, 1.165) is 25.8 Å². The number of nitrogens with two attached hydrogens (primary N) is 1. The highest BCUT2D eigenvalue weighted by molar-refractivity contribution is 9.10. The summed E-state index contributed by atoms with van der Waals surface area (Å²) in [6, 6.07) is 13.5. The summed E-state index contributed by atoms with van der Waals surface area (Å²) in [5.41, 5.74) is 8.50. The van der Waals surface area contributed by atoms with E-state index in [4.69, 9.17) is 5.73 Å². The van der Waals surface area contributed by atoms with E-state index in [2.05, 4.69) is 21.2 Å². The Kier molecular flexibility index (Phi) is 3.69. The van der Waals surface area contributed by atoms with Gasteiger partial charge in [-0.2, -0.15) is 0 Å². The quantitative estimate of drug-likeness (QED) is 0.688. The lowest BCUT2D eigenvalue weighted by atomic mass is 10.2. The normalized spacial score (nSPS) is 10.8. The number of benzene rings is 2. The van der Waals surface area contributed by atoms with Gasteiger partial charge in [-0.3, -0.25) is 4.79 Å². The molecule has 0 fully saturated rings. The van der Waals surface area contributed by atoms with Crippen LogP contribution >= 0.6 is 27.3 Å². The molecule has 0 atom stereocenters. The van der Waals surface area contributed by atoms with Gasteiger partial charge in [-0.15, -0.1) is 11.3 Å². The van der Waals surface area contributed by atoms with E-state index < -0.39 is 0 Å². The Balaban J connectivity index is 1.95. The van der Waals surface area contributed by atoms with Gasteiger partial charge >= 0.3 is 0 Å². The van der Waals surface area contributed by atoms with Crippen LogP contribution in [0, 0.1) is 6.92 Å². The largest absolute Gasteiger partial charge is 0.397 e. The zero-order valence-electron chi connectivity index (χ0n) is 11.3. The summed E-state index contributed by atoms with van der Waals surface area (Å²) in [6.45, 7) is 2.00. The second-order valence-electron chi connectivity index (χ2n) is 4.78. The van der Waals surface area contributed by atoms with Gasteiger partial charge in [0.25, 0.3) is 5.91 Å². The first-order valence-corrected chi connectivity index (χ1v) is 8.01. The molecular formula is C16H13BrN2OS. The third-order valence-corrected chi connectivity index (χ3v) is 5.05. The Labute approximate surface area is 134 Å². The topological polar surface area (TPSA) is 55.1 Å². The van der Waals surface area contributed by atoms with Crippen LogP contribution in [-0.2, 0) is 0 Å². The average Bonchev–Trinajstić information content (AvgIpc) is 2.80. The molecule has 3 aromatic rings. The number of nitrogens with one attached hydrogen (secondary N) is 1. The number of amides is 1. The minimum Gasteiger partial charge on any atom is -0.397 e. The van der Waals surface area contributed by atoms with Crippen LogP contribution in [0.3, 0.4) is 0 Å². The summed E-state index contributed by atoms with van der Waals surface area (Å²) >= 11 is 4.87. The number of anilines is 2. The van der Waals surface area contributed by atoms with Crippen LogP contribution in [0.15, 0.2) is 46.9 Å². The molecule has 0 spiro atoms. The fraction of sp³-hybridized carbons (Fsp3) is 0.0625. The van der Waals surface area contributed by atoms with Crippen LogP contribution in [-0.4, -0.2) is 5.91 Å². The van der Waals surface area contributed by atoms with Gasteiger partial charge in [0.1, 0.15) is 4.88 Å². The van der Waals surface area contributed by atoms with Gasteiger partial charge in [-0.05, 0) is 46.6 Å². The highest BCUT2D eigenvalue weighted by Gasteiger charge is 2.16. The van der Waals surface area contributed by atoms with Crippen LogP contribution in [0.5, 0.6) is 0 Å². The standard InChI is InChI=1S/C16H13BrN2OS/c1-9-6-7-12(11(17)8-9)19-16(20)15-14(18)10-4-2-3-5-13(10)21-15/h2-8H,18H2,1H3,(H,19,20). The molecule has 0 saturated heterocycles. The Morgan fingerprint density at radius 2 is 2.00 bits per heavy atom. The Hall–Kier alpha value is -1.85. The van der Waals surface area contributed by atoms with Crippen LogP contribution < -0.4 is 11.1 Å². The molecule has 0 aliphatic carbocycles. The molecule has 1 aromatic heterocycles. The lowest BCUT2D eigenvalue weighted by Crippen LogP contribution is -2.12. The van der Waals surface area contributed by atoms with E-state index >= 15 is 0 Å². The van der Waals surface area contributed by atoms with Crippen molar-refractivity contribution in [2.24, 2.45) is 0 Å². The summed E-state index contributed by atoms with van der Waals surface area (Å²) in [5, 5.41) is 3.83. The lowest BCUT2D eigenvalue weighted by molar-refractivity contribution is 0.103. The third-order valence-electron chi connectivity index (χ3n) is 3.21. The van der Waals surface area contributed by atoms with Crippen molar-refractivity contribution in [1.29, 1.82) is 0 Å². The average molecular weight is 361 g/mol. The van der Waals surface area contributed by atoms with Gasteiger partial charge in [0.2, 0.25) is 0 Å². The van der Waals surface area contributed by atoms with Crippen molar-refractivity contribution in [3.8, 4) is 0 Å². The van der Waals surface area contributed by atoms with Crippen LogP contribution in [0.4, 0.5) is 11.4 Å². The molecule has 0 unspecified atom stereocenters. The number of carbonyl (C=O) groups excluding carboxylic acids is 1. The van der Waals surface area contributed by atoms with Gasteiger partial charge in [0, 0.05) is 14.6 Å². The molecule has 0 aliphatic rings. The van der Waals surface area contributed by atoms with Crippen molar-refractivity contribution in [2.45, 2.75) is 6.92 Å². The van der Waals surface area contributed by atoms with E-state index in [0.29, 0.717) is 10.6 Å². The fourth-order valence-corrected chi connectivity index (χ4v) is 3.75. The van der Waals surface area contributed by atoms with Crippen molar-refractivity contribution in [1.82, 2.24) is 0 Å². The van der Waals surface area contributed by atoms with Crippen molar-refractivity contribution in [2.75, 3.05) is 11.1 Å².